The molecule has 2 aromatic carbocycles. The highest BCUT2D eigenvalue weighted by Gasteiger charge is 2.27. The molecule has 0 fully saturated rings. The Bertz CT molecular complexity index is 987. The molecule has 0 atom stereocenters. The maximum absolute atomic E-state index is 12.7. The topological polar surface area (TPSA) is 59.4 Å². The Kier molecular flexibility index (Phi) is 5.21. The number of ether oxygens (including phenoxy) is 1. The molecule has 1 aromatic heterocycles. The fraction of sp³-hybridized carbons (Fsp3) is 0.238. The first kappa shape index (κ1) is 18.4. The van der Waals surface area contributed by atoms with Crippen molar-refractivity contribution in [2.24, 2.45) is 7.05 Å². The van der Waals surface area contributed by atoms with Gasteiger partial charge in [0, 0.05) is 31.3 Å². The van der Waals surface area contributed by atoms with E-state index in [9.17, 15) is 4.79 Å². The molecular formula is C21H21ClN4O2. The van der Waals surface area contributed by atoms with Crippen LogP contribution in [0.1, 0.15) is 17.0 Å². The Balaban J connectivity index is 1.48. The number of nitrogens with zero attached hydrogens (tertiary/aromatic N) is 3. The standard InChI is InChI=1S/C21H21ClN4O2/c1-25-20-11-12-26(21(27)23-18-10-6-5-9-17(18)22)13-16(20)19(24-25)14-28-15-7-3-2-4-8-15/h2-10H,11-14H2,1H3,(H,23,27). The number of carbonyl (C=O) groups excluding carboxylic acids is 1. The Morgan fingerprint density at radius 1 is 1.18 bits per heavy atom. The number of para-hydroxylation sites is 2. The molecule has 0 unspecified atom stereocenters. The number of anilines is 1. The zero-order chi connectivity index (χ0) is 19.5. The van der Waals surface area contributed by atoms with Crippen molar-refractivity contribution in [3.63, 3.8) is 0 Å². The molecule has 144 valence electrons. The van der Waals surface area contributed by atoms with Crippen LogP contribution in [-0.4, -0.2) is 27.3 Å². The second-order valence-electron chi connectivity index (χ2n) is 6.68. The predicted octanol–water partition coefficient (Wildman–Crippen LogP) is 4.24. The molecule has 7 heteroatoms. The van der Waals surface area contributed by atoms with Crippen LogP contribution in [0.2, 0.25) is 5.02 Å². The number of hydrogen-bond acceptors (Lipinski definition) is 3. The second-order valence-corrected chi connectivity index (χ2v) is 7.09. The van der Waals surface area contributed by atoms with Crippen LogP contribution in [0, 0.1) is 0 Å². The minimum Gasteiger partial charge on any atom is -0.487 e. The molecule has 2 heterocycles. The number of nitrogens with one attached hydrogen (secondary N) is 1. The first-order chi connectivity index (χ1) is 13.6. The molecule has 0 saturated heterocycles. The van der Waals surface area contributed by atoms with E-state index in [0.29, 0.717) is 30.4 Å². The molecule has 0 bridgehead atoms. The number of carbonyl (C=O) groups is 1. The fourth-order valence-electron chi connectivity index (χ4n) is 3.38. The van der Waals surface area contributed by atoms with Gasteiger partial charge < -0.3 is 15.0 Å². The average Bonchev–Trinajstić information content (AvgIpc) is 3.04. The van der Waals surface area contributed by atoms with Crippen LogP contribution in [0.15, 0.2) is 54.6 Å². The van der Waals surface area contributed by atoms with Crippen LogP contribution >= 0.6 is 11.6 Å². The number of amides is 2. The van der Waals surface area contributed by atoms with Gasteiger partial charge >= 0.3 is 6.03 Å². The number of fused-ring (bicyclic) bond motifs is 1. The first-order valence-electron chi connectivity index (χ1n) is 9.14. The van der Waals surface area contributed by atoms with Gasteiger partial charge in [-0.3, -0.25) is 4.68 Å². The van der Waals surface area contributed by atoms with E-state index in [1.165, 1.54) is 0 Å². The van der Waals surface area contributed by atoms with E-state index in [0.717, 1.165) is 29.1 Å². The van der Waals surface area contributed by atoms with Crippen LogP contribution in [0.25, 0.3) is 0 Å². The van der Waals surface area contributed by atoms with E-state index in [-0.39, 0.29) is 6.03 Å². The summed E-state index contributed by atoms with van der Waals surface area (Å²) in [6.45, 7) is 1.49. The molecule has 1 aliphatic rings. The predicted molar refractivity (Wildman–Crippen MR) is 109 cm³/mol. The third-order valence-corrected chi connectivity index (χ3v) is 5.18. The molecule has 6 nitrogen and oxygen atoms in total. The number of halogens is 1. The lowest BCUT2D eigenvalue weighted by atomic mass is 10.1. The number of aryl methyl sites for hydroxylation is 1. The normalized spacial score (nSPS) is 13.1. The summed E-state index contributed by atoms with van der Waals surface area (Å²) >= 11 is 6.15. The highest BCUT2D eigenvalue weighted by molar-refractivity contribution is 6.33. The molecule has 2 amide bonds. The summed E-state index contributed by atoms with van der Waals surface area (Å²) in [7, 11) is 1.93. The van der Waals surface area contributed by atoms with Gasteiger partial charge in [0.1, 0.15) is 18.1 Å². The van der Waals surface area contributed by atoms with E-state index in [1.807, 2.05) is 54.2 Å². The summed E-state index contributed by atoms with van der Waals surface area (Å²) < 4.78 is 7.76. The fourth-order valence-corrected chi connectivity index (χ4v) is 3.57. The minimum absolute atomic E-state index is 0.169. The summed E-state index contributed by atoms with van der Waals surface area (Å²) in [5.74, 6) is 0.797. The van der Waals surface area contributed by atoms with Crippen LogP contribution in [0.4, 0.5) is 10.5 Å². The van der Waals surface area contributed by atoms with Gasteiger partial charge in [0.05, 0.1) is 17.3 Å². The summed E-state index contributed by atoms with van der Waals surface area (Å²) in [5.41, 5.74) is 3.67. The quantitative estimate of drug-likeness (QED) is 0.717. The van der Waals surface area contributed by atoms with Gasteiger partial charge in [-0.05, 0) is 24.3 Å². The van der Waals surface area contributed by atoms with Gasteiger partial charge in [-0.2, -0.15) is 5.10 Å². The smallest absolute Gasteiger partial charge is 0.322 e. The van der Waals surface area contributed by atoms with Crippen molar-refractivity contribution in [1.29, 1.82) is 0 Å². The molecule has 0 aliphatic carbocycles. The van der Waals surface area contributed by atoms with Gasteiger partial charge in [0.2, 0.25) is 0 Å². The lowest BCUT2D eigenvalue weighted by molar-refractivity contribution is 0.205. The zero-order valence-corrected chi connectivity index (χ0v) is 16.3. The highest BCUT2D eigenvalue weighted by atomic mass is 35.5. The Hall–Kier alpha value is -2.99. The van der Waals surface area contributed by atoms with E-state index in [2.05, 4.69) is 10.4 Å². The number of rotatable bonds is 4. The Morgan fingerprint density at radius 2 is 1.93 bits per heavy atom. The summed E-state index contributed by atoms with van der Waals surface area (Å²) in [4.78, 5) is 14.5. The number of hydrogen-bond donors (Lipinski definition) is 1. The van der Waals surface area contributed by atoms with Crippen LogP contribution in [-0.2, 0) is 26.6 Å². The van der Waals surface area contributed by atoms with Gasteiger partial charge in [0.25, 0.3) is 0 Å². The van der Waals surface area contributed by atoms with Gasteiger partial charge in [-0.15, -0.1) is 0 Å². The molecule has 3 aromatic rings. The first-order valence-corrected chi connectivity index (χ1v) is 9.51. The Morgan fingerprint density at radius 3 is 2.71 bits per heavy atom. The lowest BCUT2D eigenvalue weighted by Gasteiger charge is -2.28. The molecule has 4 rings (SSSR count). The third kappa shape index (κ3) is 3.82. The largest absolute Gasteiger partial charge is 0.487 e. The number of benzene rings is 2. The minimum atomic E-state index is -0.169. The highest BCUT2D eigenvalue weighted by Crippen LogP contribution is 2.25. The molecule has 1 N–H and O–H groups in total. The number of urea groups is 1. The third-order valence-electron chi connectivity index (χ3n) is 4.85. The van der Waals surface area contributed by atoms with E-state index in [1.54, 1.807) is 17.0 Å². The van der Waals surface area contributed by atoms with Crippen molar-refractivity contribution < 1.29 is 9.53 Å². The van der Waals surface area contributed by atoms with Gasteiger partial charge in [-0.1, -0.05) is 41.9 Å². The lowest BCUT2D eigenvalue weighted by Crippen LogP contribution is -2.39. The van der Waals surface area contributed by atoms with Gasteiger partial charge in [-0.25, -0.2) is 4.79 Å². The van der Waals surface area contributed by atoms with Crippen molar-refractivity contribution in [1.82, 2.24) is 14.7 Å². The summed E-state index contributed by atoms with van der Waals surface area (Å²) in [6.07, 6.45) is 0.750. The van der Waals surface area contributed by atoms with E-state index in [4.69, 9.17) is 16.3 Å². The molecule has 0 spiro atoms. The van der Waals surface area contributed by atoms with Crippen LogP contribution in [0.5, 0.6) is 5.75 Å². The van der Waals surface area contributed by atoms with Crippen molar-refractivity contribution >= 4 is 23.3 Å². The monoisotopic (exact) mass is 396 g/mol. The van der Waals surface area contributed by atoms with Crippen LogP contribution < -0.4 is 10.1 Å². The average molecular weight is 397 g/mol. The molecule has 0 radical (unpaired) electrons. The summed E-state index contributed by atoms with van der Waals surface area (Å²) in [5, 5.41) is 8.02. The van der Waals surface area contributed by atoms with E-state index >= 15 is 0 Å². The van der Waals surface area contributed by atoms with Crippen LogP contribution in [0.3, 0.4) is 0 Å². The maximum atomic E-state index is 12.7. The van der Waals surface area contributed by atoms with Crippen molar-refractivity contribution in [2.45, 2.75) is 19.6 Å². The second kappa shape index (κ2) is 7.94. The summed E-state index contributed by atoms with van der Waals surface area (Å²) in [6, 6.07) is 16.7. The van der Waals surface area contributed by atoms with Crippen molar-refractivity contribution in [2.75, 3.05) is 11.9 Å². The molecular weight excluding hydrogens is 376 g/mol. The molecule has 28 heavy (non-hydrogen) atoms. The Labute approximate surface area is 168 Å². The maximum Gasteiger partial charge on any atom is 0.322 e. The zero-order valence-electron chi connectivity index (χ0n) is 15.6. The number of aromatic nitrogens is 2. The van der Waals surface area contributed by atoms with E-state index < -0.39 is 0 Å². The van der Waals surface area contributed by atoms with Crippen molar-refractivity contribution in [3.8, 4) is 5.75 Å². The van der Waals surface area contributed by atoms with Gasteiger partial charge in [0.15, 0.2) is 0 Å². The SMILES string of the molecule is Cn1nc(COc2ccccc2)c2c1CCN(C(=O)Nc1ccccc1Cl)C2. The molecule has 1 aliphatic heterocycles. The molecule has 0 saturated carbocycles. The van der Waals surface area contributed by atoms with Crippen molar-refractivity contribution in [3.05, 3.63) is 76.6 Å².